The number of halogens is 1. The standard InChI is InChI=1S/C19H19BrN4O2S2/c1-3-15-8-16(18(25)26-2)17(28-15)23-19(27)22-14-9-21-24(11-14)10-12-4-6-13(20)7-5-12/h4-9,11H,3,10H2,1-2H3,(H2,22,23,27). The van der Waals surface area contributed by atoms with Gasteiger partial charge in [0, 0.05) is 15.5 Å². The van der Waals surface area contributed by atoms with E-state index < -0.39 is 0 Å². The Labute approximate surface area is 181 Å². The van der Waals surface area contributed by atoms with E-state index in [0.717, 1.165) is 27.0 Å². The molecular formula is C19H19BrN4O2S2. The average molecular weight is 479 g/mol. The molecule has 0 atom stereocenters. The van der Waals surface area contributed by atoms with Crippen LogP contribution in [0, 0.1) is 0 Å². The summed E-state index contributed by atoms with van der Waals surface area (Å²) in [5, 5.41) is 11.6. The van der Waals surface area contributed by atoms with Crippen molar-refractivity contribution in [2.45, 2.75) is 19.9 Å². The highest BCUT2D eigenvalue weighted by Gasteiger charge is 2.17. The second-order valence-electron chi connectivity index (χ2n) is 5.93. The van der Waals surface area contributed by atoms with Crippen LogP contribution in [0.2, 0.25) is 0 Å². The summed E-state index contributed by atoms with van der Waals surface area (Å²) in [6.45, 7) is 2.69. The smallest absolute Gasteiger partial charge is 0.340 e. The lowest BCUT2D eigenvalue weighted by Crippen LogP contribution is -2.19. The molecule has 2 N–H and O–H groups in total. The molecule has 0 spiro atoms. The first-order valence-corrected chi connectivity index (χ1v) is 10.6. The van der Waals surface area contributed by atoms with Gasteiger partial charge in [-0.05, 0) is 42.4 Å². The first-order valence-electron chi connectivity index (χ1n) is 8.54. The quantitative estimate of drug-likeness (QED) is 0.387. The third kappa shape index (κ3) is 5.18. The van der Waals surface area contributed by atoms with E-state index in [0.29, 0.717) is 22.2 Å². The molecule has 2 aromatic heterocycles. The Balaban J connectivity index is 1.64. The molecule has 0 radical (unpaired) electrons. The fourth-order valence-corrected chi connectivity index (χ4v) is 4.07. The van der Waals surface area contributed by atoms with Crippen LogP contribution in [0.5, 0.6) is 0 Å². The van der Waals surface area contributed by atoms with E-state index in [1.807, 2.05) is 48.1 Å². The van der Waals surface area contributed by atoms with E-state index in [1.54, 1.807) is 6.20 Å². The summed E-state index contributed by atoms with van der Waals surface area (Å²) in [5.74, 6) is -0.386. The van der Waals surface area contributed by atoms with Gasteiger partial charge in [-0.25, -0.2) is 4.79 Å². The number of nitrogens with one attached hydrogen (secondary N) is 2. The lowest BCUT2D eigenvalue weighted by atomic mass is 10.2. The number of thiocarbonyl (C=S) groups is 1. The van der Waals surface area contributed by atoms with Crippen LogP contribution >= 0.6 is 39.5 Å². The van der Waals surface area contributed by atoms with Crippen LogP contribution in [0.15, 0.2) is 47.2 Å². The molecule has 0 bridgehead atoms. The topological polar surface area (TPSA) is 68.2 Å². The Bertz CT molecular complexity index is 982. The molecule has 6 nitrogen and oxygen atoms in total. The molecule has 0 saturated heterocycles. The van der Waals surface area contributed by atoms with Gasteiger partial charge < -0.3 is 15.4 Å². The molecule has 0 aliphatic heterocycles. The second kappa shape index (κ2) is 9.31. The highest BCUT2D eigenvalue weighted by Crippen LogP contribution is 2.29. The fraction of sp³-hybridized carbons (Fsp3) is 0.211. The number of benzene rings is 1. The number of hydrogen-bond acceptors (Lipinski definition) is 5. The Morgan fingerprint density at radius 2 is 2.07 bits per heavy atom. The van der Waals surface area contributed by atoms with Gasteiger partial charge in [0.15, 0.2) is 5.11 Å². The van der Waals surface area contributed by atoms with Gasteiger partial charge in [-0.15, -0.1) is 11.3 Å². The largest absolute Gasteiger partial charge is 0.465 e. The van der Waals surface area contributed by atoms with Crippen LogP contribution in [0.25, 0.3) is 0 Å². The molecule has 3 rings (SSSR count). The van der Waals surface area contributed by atoms with Crippen molar-refractivity contribution < 1.29 is 9.53 Å². The lowest BCUT2D eigenvalue weighted by molar-refractivity contribution is 0.0602. The highest BCUT2D eigenvalue weighted by molar-refractivity contribution is 9.10. The monoisotopic (exact) mass is 478 g/mol. The van der Waals surface area contributed by atoms with Crippen molar-refractivity contribution in [1.29, 1.82) is 0 Å². The summed E-state index contributed by atoms with van der Waals surface area (Å²) in [5.41, 5.74) is 2.40. The lowest BCUT2D eigenvalue weighted by Gasteiger charge is -2.08. The summed E-state index contributed by atoms with van der Waals surface area (Å²) in [6.07, 6.45) is 4.42. The van der Waals surface area contributed by atoms with Crippen LogP contribution in [0.1, 0.15) is 27.7 Å². The number of thiophene rings is 1. The van der Waals surface area contributed by atoms with E-state index >= 15 is 0 Å². The predicted octanol–water partition coefficient (Wildman–Crippen LogP) is 4.91. The minimum Gasteiger partial charge on any atom is -0.465 e. The Kier molecular flexibility index (Phi) is 6.82. The third-order valence-electron chi connectivity index (χ3n) is 3.91. The van der Waals surface area contributed by atoms with Crippen molar-refractivity contribution in [2.24, 2.45) is 0 Å². The molecule has 0 aliphatic rings. The average Bonchev–Trinajstić information content (AvgIpc) is 3.29. The van der Waals surface area contributed by atoms with Crippen molar-refractivity contribution in [3.63, 3.8) is 0 Å². The Morgan fingerprint density at radius 1 is 1.32 bits per heavy atom. The van der Waals surface area contributed by atoms with Gasteiger partial charge in [0.1, 0.15) is 5.00 Å². The third-order valence-corrected chi connectivity index (χ3v) is 5.84. The van der Waals surface area contributed by atoms with Crippen molar-refractivity contribution in [3.05, 3.63) is 63.2 Å². The SMILES string of the molecule is CCc1cc(C(=O)OC)c(NC(=S)Nc2cnn(Cc3ccc(Br)cc3)c2)s1. The van der Waals surface area contributed by atoms with Crippen molar-refractivity contribution >= 4 is 61.3 Å². The summed E-state index contributed by atoms with van der Waals surface area (Å²) in [6, 6.07) is 9.92. The molecule has 0 aliphatic carbocycles. The molecule has 0 amide bonds. The van der Waals surface area contributed by atoms with Gasteiger partial charge in [0.25, 0.3) is 0 Å². The second-order valence-corrected chi connectivity index (χ2v) is 8.39. The molecule has 28 heavy (non-hydrogen) atoms. The fourth-order valence-electron chi connectivity index (χ4n) is 2.53. The first-order chi connectivity index (χ1) is 13.5. The minimum absolute atomic E-state index is 0.386. The van der Waals surface area contributed by atoms with E-state index in [4.69, 9.17) is 17.0 Å². The highest BCUT2D eigenvalue weighted by atomic mass is 79.9. The van der Waals surface area contributed by atoms with Gasteiger partial charge in [0.2, 0.25) is 0 Å². The van der Waals surface area contributed by atoms with Gasteiger partial charge >= 0.3 is 5.97 Å². The number of carbonyl (C=O) groups excluding carboxylic acids is 1. The van der Waals surface area contributed by atoms with Crippen LogP contribution in [-0.4, -0.2) is 28.0 Å². The summed E-state index contributed by atoms with van der Waals surface area (Å²) < 4.78 is 7.72. The number of hydrogen-bond donors (Lipinski definition) is 2. The molecule has 1 aromatic carbocycles. The molecule has 0 fully saturated rings. The minimum atomic E-state index is -0.386. The zero-order valence-corrected chi connectivity index (χ0v) is 18.6. The van der Waals surface area contributed by atoms with Crippen LogP contribution in [0.3, 0.4) is 0 Å². The molecule has 3 aromatic rings. The van der Waals surface area contributed by atoms with E-state index in [2.05, 4.69) is 31.7 Å². The van der Waals surface area contributed by atoms with Crippen LogP contribution < -0.4 is 10.6 Å². The maximum atomic E-state index is 12.0. The number of esters is 1. The van der Waals surface area contributed by atoms with Crippen molar-refractivity contribution in [2.75, 3.05) is 17.7 Å². The van der Waals surface area contributed by atoms with Crippen molar-refractivity contribution in [1.82, 2.24) is 9.78 Å². The zero-order valence-electron chi connectivity index (χ0n) is 15.4. The van der Waals surface area contributed by atoms with Crippen molar-refractivity contribution in [3.8, 4) is 0 Å². The van der Waals surface area contributed by atoms with E-state index in [-0.39, 0.29) is 5.97 Å². The van der Waals surface area contributed by atoms with Gasteiger partial charge in [-0.2, -0.15) is 5.10 Å². The number of aromatic nitrogens is 2. The van der Waals surface area contributed by atoms with Crippen LogP contribution in [-0.2, 0) is 17.7 Å². The van der Waals surface area contributed by atoms with E-state index in [1.165, 1.54) is 18.4 Å². The number of anilines is 2. The number of nitrogens with zero attached hydrogens (tertiary/aromatic N) is 2. The van der Waals surface area contributed by atoms with Gasteiger partial charge in [-0.3, -0.25) is 4.68 Å². The van der Waals surface area contributed by atoms with Gasteiger partial charge in [-0.1, -0.05) is 35.0 Å². The number of rotatable bonds is 6. The van der Waals surface area contributed by atoms with E-state index in [9.17, 15) is 4.79 Å². The number of carbonyl (C=O) groups is 1. The summed E-state index contributed by atoms with van der Waals surface area (Å²) >= 11 is 10.3. The molecule has 0 saturated carbocycles. The molecule has 0 unspecified atom stereocenters. The molecule has 146 valence electrons. The summed E-state index contributed by atoms with van der Waals surface area (Å²) in [4.78, 5) is 13.0. The normalized spacial score (nSPS) is 10.5. The Morgan fingerprint density at radius 3 is 2.75 bits per heavy atom. The Hall–Kier alpha value is -2.23. The number of ether oxygens (including phenoxy) is 1. The first kappa shape index (κ1) is 20.5. The molecule has 2 heterocycles. The summed E-state index contributed by atoms with van der Waals surface area (Å²) in [7, 11) is 1.37. The molecular weight excluding hydrogens is 460 g/mol. The van der Waals surface area contributed by atoms with Crippen LogP contribution in [0.4, 0.5) is 10.7 Å². The maximum absolute atomic E-state index is 12.0. The van der Waals surface area contributed by atoms with Gasteiger partial charge in [0.05, 0.1) is 31.1 Å². The predicted molar refractivity (Wildman–Crippen MR) is 120 cm³/mol. The number of aryl methyl sites for hydroxylation is 1. The molecule has 9 heteroatoms. The zero-order chi connectivity index (χ0) is 20.1. The maximum Gasteiger partial charge on any atom is 0.340 e. The number of methoxy groups -OCH3 is 1.